The lowest BCUT2D eigenvalue weighted by Crippen LogP contribution is -2.28. The molecule has 0 bridgehead atoms. The second kappa shape index (κ2) is 4.80. The van der Waals surface area contributed by atoms with E-state index in [1.165, 1.54) is 0 Å². The monoisotopic (exact) mass is 173 g/mol. The summed E-state index contributed by atoms with van der Waals surface area (Å²) < 4.78 is 10.6. The van der Waals surface area contributed by atoms with E-state index in [0.29, 0.717) is 5.92 Å². The number of hydrogen-bond acceptors (Lipinski definition) is 3. The minimum atomic E-state index is -0.0428. The molecular formula is C9H19NO2. The second-order valence-corrected chi connectivity index (χ2v) is 3.80. The molecule has 72 valence electrons. The molecule has 0 amide bonds. The van der Waals surface area contributed by atoms with Gasteiger partial charge in [0.1, 0.15) is 0 Å². The summed E-state index contributed by atoms with van der Waals surface area (Å²) in [5.41, 5.74) is 5.89. The van der Waals surface area contributed by atoms with Crippen LogP contribution in [0.5, 0.6) is 0 Å². The fourth-order valence-electron chi connectivity index (χ4n) is 1.49. The number of nitrogens with two attached hydrogens (primary N) is 1. The maximum absolute atomic E-state index is 5.89. The lowest BCUT2D eigenvalue weighted by molar-refractivity contribution is -0.0514. The van der Waals surface area contributed by atoms with Gasteiger partial charge in [-0.25, -0.2) is 0 Å². The van der Waals surface area contributed by atoms with E-state index in [1.54, 1.807) is 0 Å². The van der Waals surface area contributed by atoms with Gasteiger partial charge in [-0.3, -0.25) is 0 Å². The molecule has 3 heteroatoms. The van der Waals surface area contributed by atoms with Gasteiger partial charge in [-0.1, -0.05) is 13.8 Å². The van der Waals surface area contributed by atoms with Crippen molar-refractivity contribution >= 4 is 0 Å². The molecule has 12 heavy (non-hydrogen) atoms. The zero-order valence-corrected chi connectivity index (χ0v) is 7.95. The van der Waals surface area contributed by atoms with E-state index in [0.717, 1.165) is 26.1 Å². The van der Waals surface area contributed by atoms with Crippen LogP contribution in [-0.4, -0.2) is 25.5 Å². The number of hydrogen-bond donors (Lipinski definition) is 1. The summed E-state index contributed by atoms with van der Waals surface area (Å²) in [6.45, 7) is 5.80. The standard InChI is InChI=1S/C9H19NO2/c1-7(2)5-8(10)6-9-11-3-4-12-9/h7-9H,3-6,10H2,1-2H3. The summed E-state index contributed by atoms with van der Waals surface area (Å²) in [4.78, 5) is 0. The zero-order chi connectivity index (χ0) is 8.97. The highest BCUT2D eigenvalue weighted by atomic mass is 16.7. The van der Waals surface area contributed by atoms with Crippen molar-refractivity contribution in [2.24, 2.45) is 11.7 Å². The van der Waals surface area contributed by atoms with Crippen molar-refractivity contribution in [3.8, 4) is 0 Å². The average molecular weight is 173 g/mol. The van der Waals surface area contributed by atoms with Crippen LogP contribution in [0.1, 0.15) is 26.7 Å². The molecule has 1 aliphatic rings. The summed E-state index contributed by atoms with van der Waals surface area (Å²) in [6.07, 6.45) is 1.83. The van der Waals surface area contributed by atoms with Crippen LogP contribution in [0.3, 0.4) is 0 Å². The Morgan fingerprint density at radius 2 is 1.92 bits per heavy atom. The molecule has 1 unspecified atom stereocenters. The van der Waals surface area contributed by atoms with Crippen LogP contribution in [0.4, 0.5) is 0 Å². The van der Waals surface area contributed by atoms with Crippen LogP contribution in [0.2, 0.25) is 0 Å². The third-order valence-corrected chi connectivity index (χ3v) is 1.96. The van der Waals surface area contributed by atoms with E-state index < -0.39 is 0 Å². The van der Waals surface area contributed by atoms with Gasteiger partial charge in [0.15, 0.2) is 6.29 Å². The summed E-state index contributed by atoms with van der Waals surface area (Å²) in [5.74, 6) is 0.654. The molecule has 0 aromatic carbocycles. The van der Waals surface area contributed by atoms with Gasteiger partial charge in [-0.2, -0.15) is 0 Å². The van der Waals surface area contributed by atoms with E-state index in [2.05, 4.69) is 13.8 Å². The Hall–Kier alpha value is -0.120. The Labute approximate surface area is 74.2 Å². The minimum absolute atomic E-state index is 0.0428. The molecule has 1 saturated heterocycles. The largest absolute Gasteiger partial charge is 0.350 e. The molecule has 0 aromatic heterocycles. The first-order chi connectivity index (χ1) is 5.68. The Balaban J connectivity index is 2.11. The Morgan fingerprint density at radius 3 is 2.42 bits per heavy atom. The van der Waals surface area contributed by atoms with Gasteiger partial charge in [0.2, 0.25) is 0 Å². The van der Waals surface area contributed by atoms with Crippen molar-refractivity contribution in [3.63, 3.8) is 0 Å². The fourth-order valence-corrected chi connectivity index (χ4v) is 1.49. The summed E-state index contributed by atoms with van der Waals surface area (Å²) in [7, 11) is 0. The molecule has 3 nitrogen and oxygen atoms in total. The lowest BCUT2D eigenvalue weighted by Gasteiger charge is -2.17. The van der Waals surface area contributed by atoms with Crippen molar-refractivity contribution in [2.75, 3.05) is 13.2 Å². The Kier molecular flexibility index (Phi) is 3.98. The first-order valence-corrected chi connectivity index (χ1v) is 4.67. The first-order valence-electron chi connectivity index (χ1n) is 4.67. The van der Waals surface area contributed by atoms with Crippen molar-refractivity contribution in [2.45, 2.75) is 39.0 Å². The molecule has 0 radical (unpaired) electrons. The van der Waals surface area contributed by atoms with Crippen LogP contribution in [-0.2, 0) is 9.47 Å². The molecular weight excluding hydrogens is 154 g/mol. The third-order valence-electron chi connectivity index (χ3n) is 1.96. The van der Waals surface area contributed by atoms with Crippen LogP contribution in [0, 0.1) is 5.92 Å². The van der Waals surface area contributed by atoms with Gasteiger partial charge in [0.05, 0.1) is 13.2 Å². The van der Waals surface area contributed by atoms with Crippen molar-refractivity contribution in [1.82, 2.24) is 0 Å². The lowest BCUT2D eigenvalue weighted by atomic mass is 10.0. The van der Waals surface area contributed by atoms with Crippen molar-refractivity contribution < 1.29 is 9.47 Å². The molecule has 0 spiro atoms. The third kappa shape index (κ3) is 3.52. The van der Waals surface area contributed by atoms with Gasteiger partial charge in [0, 0.05) is 12.5 Å². The van der Waals surface area contributed by atoms with Gasteiger partial charge in [0.25, 0.3) is 0 Å². The molecule has 1 heterocycles. The normalized spacial score (nSPS) is 22.0. The molecule has 0 aromatic rings. The van der Waals surface area contributed by atoms with Crippen molar-refractivity contribution in [1.29, 1.82) is 0 Å². The van der Waals surface area contributed by atoms with Crippen LogP contribution >= 0.6 is 0 Å². The molecule has 1 atom stereocenters. The van der Waals surface area contributed by atoms with E-state index in [4.69, 9.17) is 15.2 Å². The van der Waals surface area contributed by atoms with E-state index in [9.17, 15) is 0 Å². The average Bonchev–Trinajstić information content (AvgIpc) is 2.37. The van der Waals surface area contributed by atoms with Gasteiger partial charge in [-0.15, -0.1) is 0 Å². The molecule has 0 aliphatic carbocycles. The number of rotatable bonds is 4. The van der Waals surface area contributed by atoms with Crippen LogP contribution in [0.25, 0.3) is 0 Å². The molecule has 1 aliphatic heterocycles. The van der Waals surface area contributed by atoms with Crippen molar-refractivity contribution in [3.05, 3.63) is 0 Å². The van der Waals surface area contributed by atoms with E-state index in [-0.39, 0.29) is 12.3 Å². The second-order valence-electron chi connectivity index (χ2n) is 3.80. The summed E-state index contributed by atoms with van der Waals surface area (Å²) >= 11 is 0. The maximum atomic E-state index is 5.89. The van der Waals surface area contributed by atoms with Crippen LogP contribution < -0.4 is 5.73 Å². The SMILES string of the molecule is CC(C)CC(N)CC1OCCO1. The quantitative estimate of drug-likeness (QED) is 0.693. The van der Waals surface area contributed by atoms with Gasteiger partial charge in [-0.05, 0) is 12.3 Å². The number of ether oxygens (including phenoxy) is 2. The zero-order valence-electron chi connectivity index (χ0n) is 7.95. The topological polar surface area (TPSA) is 44.5 Å². The Bertz CT molecular complexity index is 122. The summed E-state index contributed by atoms with van der Waals surface area (Å²) in [5, 5.41) is 0. The van der Waals surface area contributed by atoms with E-state index in [1.807, 2.05) is 0 Å². The fraction of sp³-hybridized carbons (Fsp3) is 1.00. The minimum Gasteiger partial charge on any atom is -0.350 e. The highest BCUT2D eigenvalue weighted by Gasteiger charge is 2.19. The van der Waals surface area contributed by atoms with E-state index >= 15 is 0 Å². The molecule has 2 N–H and O–H groups in total. The van der Waals surface area contributed by atoms with Gasteiger partial charge >= 0.3 is 0 Å². The highest BCUT2D eigenvalue weighted by Crippen LogP contribution is 2.13. The highest BCUT2D eigenvalue weighted by molar-refractivity contribution is 4.67. The maximum Gasteiger partial charge on any atom is 0.159 e. The predicted octanol–water partition coefficient (Wildman–Crippen LogP) is 1.12. The molecule has 0 saturated carbocycles. The Morgan fingerprint density at radius 1 is 1.33 bits per heavy atom. The van der Waals surface area contributed by atoms with Gasteiger partial charge < -0.3 is 15.2 Å². The van der Waals surface area contributed by atoms with Crippen LogP contribution in [0.15, 0.2) is 0 Å². The molecule has 1 fully saturated rings. The molecule has 1 rings (SSSR count). The first kappa shape index (κ1) is 9.96. The smallest absolute Gasteiger partial charge is 0.159 e. The predicted molar refractivity (Wildman–Crippen MR) is 47.7 cm³/mol. The summed E-state index contributed by atoms with van der Waals surface area (Å²) in [6, 6.07) is 0.216.